The number of hydrogen-bond donors (Lipinski definition) is 3. The molecular weight excluding hydrogens is 1120 g/mol. The summed E-state index contributed by atoms with van der Waals surface area (Å²) >= 11 is 0. The summed E-state index contributed by atoms with van der Waals surface area (Å²) in [5, 5.41) is 10.4. The number of hydrogen-bond acceptors (Lipinski definition) is 19. The van der Waals surface area contributed by atoms with Gasteiger partial charge in [0, 0.05) is 55.6 Å². The van der Waals surface area contributed by atoms with Gasteiger partial charge in [-0.3, -0.25) is 13.9 Å². The monoisotopic (exact) mass is 1220 g/mol. The highest BCUT2D eigenvalue weighted by Gasteiger charge is 2.43. The van der Waals surface area contributed by atoms with Crippen LogP contribution in [0.5, 0.6) is 0 Å². The maximum absolute atomic E-state index is 12.4. The van der Waals surface area contributed by atoms with Gasteiger partial charge >= 0.3 is 5.97 Å². The molecule has 2 aliphatic heterocycles. The third-order valence-electron chi connectivity index (χ3n) is 13.2. The largest absolute Gasteiger partial charge is 0.481 e. The second-order valence-corrected chi connectivity index (χ2v) is 23.5. The fourth-order valence-corrected chi connectivity index (χ4v) is 9.99. The highest BCUT2D eigenvalue weighted by molar-refractivity contribution is 7.86. The number of carboxylic acid groups (broad SMARTS) is 1. The van der Waals surface area contributed by atoms with Gasteiger partial charge in [-0.05, 0) is 85.2 Å². The molecule has 0 saturated carbocycles. The predicted octanol–water partition coefficient (Wildman–Crippen LogP) is 5.37. The molecule has 0 saturated heterocycles. The molecule has 23 nitrogen and oxygen atoms in total. The number of carboxylic acids is 1. The summed E-state index contributed by atoms with van der Waals surface area (Å²) in [5.74, 6) is -0.395. The van der Waals surface area contributed by atoms with E-state index in [1.165, 1.54) is 18.2 Å². The van der Waals surface area contributed by atoms with Gasteiger partial charge in [-0.25, -0.2) is 4.58 Å². The van der Waals surface area contributed by atoms with Crippen molar-refractivity contribution in [2.24, 2.45) is 0 Å². The molecule has 0 radical (unpaired) electrons. The molecule has 1 unspecified atom stereocenters. The van der Waals surface area contributed by atoms with Crippen molar-refractivity contribution >= 4 is 38.0 Å². The molecule has 25 heteroatoms. The van der Waals surface area contributed by atoms with Gasteiger partial charge in [-0.1, -0.05) is 26.8 Å². The average Bonchev–Trinajstić information content (AvgIpc) is 1.95. The Balaban J connectivity index is 1.52. The molecule has 3 N–H and O–H groups in total. The summed E-state index contributed by atoms with van der Waals surface area (Å²) in [6, 6.07) is 12.2. The number of methoxy groups -OCH3 is 2. The number of rotatable bonds is 47. The zero-order valence-electron chi connectivity index (χ0n) is 49.4. The molecule has 0 fully saturated rings. The highest BCUT2D eigenvalue weighted by Crippen LogP contribution is 2.51. The number of carbonyl (C=O) groups is 1. The van der Waals surface area contributed by atoms with E-state index in [2.05, 4.69) is 31.4 Å². The second-order valence-electron chi connectivity index (χ2n) is 20.5. The molecule has 4 rings (SSSR count). The maximum atomic E-state index is 12.4. The molecule has 1 aliphatic carbocycles. The molecule has 83 heavy (non-hydrogen) atoms. The van der Waals surface area contributed by atoms with Gasteiger partial charge in [0.1, 0.15) is 24.7 Å². The van der Waals surface area contributed by atoms with Crippen molar-refractivity contribution in [2.75, 3.05) is 190 Å². The number of ether oxygens (including phenoxy) is 12. The van der Waals surface area contributed by atoms with Crippen molar-refractivity contribution in [3.8, 4) is 11.3 Å². The molecule has 3 aliphatic rings. The van der Waals surface area contributed by atoms with Crippen LogP contribution in [0.25, 0.3) is 17.4 Å². The molecule has 0 bridgehead atoms. The molecule has 1 aromatic rings. The van der Waals surface area contributed by atoms with Crippen molar-refractivity contribution < 1.29 is 97.1 Å². The van der Waals surface area contributed by atoms with Crippen LogP contribution in [0.4, 0.5) is 5.69 Å². The SMILES string of the molecule is COCCOCCOCCOCCOCCOCC[N+](CCOCCOCCOCCOCCOCCOC)=c1ccc2c(C(C)(C)C)cc(C=CC=C3N(CCCS(=O)(=O)O)c4ccc(S(=O)(=O)O)cc4C3(C)CCCC(=O)O)oc-2c1. The number of benzene rings is 2. The molecule has 1 aromatic carbocycles. The summed E-state index contributed by atoms with van der Waals surface area (Å²) in [6.07, 6.45) is 5.75. The predicted molar refractivity (Wildman–Crippen MR) is 312 cm³/mol. The van der Waals surface area contributed by atoms with E-state index < -0.39 is 37.4 Å². The van der Waals surface area contributed by atoms with Crippen molar-refractivity contribution in [2.45, 2.75) is 69.1 Å². The molecular formula is C58H91N2O21S2+. The lowest BCUT2D eigenvalue weighted by Crippen LogP contribution is -2.36. The van der Waals surface area contributed by atoms with E-state index >= 15 is 0 Å². The second kappa shape index (κ2) is 38.7. The number of fused-ring (bicyclic) bond motifs is 2. The van der Waals surface area contributed by atoms with Crippen LogP contribution in [0.15, 0.2) is 69.6 Å². The fourth-order valence-electron chi connectivity index (χ4n) is 8.99. The van der Waals surface area contributed by atoms with Gasteiger partial charge in [0.25, 0.3) is 20.2 Å². The van der Waals surface area contributed by atoms with Crippen molar-refractivity contribution in [1.82, 2.24) is 4.58 Å². The number of aliphatic carboxylic acids is 1. The smallest absolute Gasteiger partial charge is 0.303 e. The first-order valence-electron chi connectivity index (χ1n) is 28.2. The zero-order valence-corrected chi connectivity index (χ0v) is 51.0. The van der Waals surface area contributed by atoms with Crippen LogP contribution in [0.2, 0.25) is 0 Å². The first-order valence-corrected chi connectivity index (χ1v) is 31.2. The third-order valence-corrected chi connectivity index (χ3v) is 14.8. The van der Waals surface area contributed by atoms with Crippen LogP contribution in [-0.4, -0.2) is 222 Å². The third kappa shape index (κ3) is 27.3. The summed E-state index contributed by atoms with van der Waals surface area (Å²) in [4.78, 5) is 13.2. The van der Waals surface area contributed by atoms with E-state index in [-0.39, 0.29) is 42.5 Å². The Morgan fingerprint density at radius 3 is 1.54 bits per heavy atom. The van der Waals surface area contributed by atoms with Crippen LogP contribution in [0.1, 0.15) is 70.3 Å². The summed E-state index contributed by atoms with van der Waals surface area (Å²) in [7, 11) is -5.68. The van der Waals surface area contributed by atoms with E-state index in [0.717, 1.165) is 16.5 Å². The van der Waals surface area contributed by atoms with E-state index in [0.29, 0.717) is 187 Å². The van der Waals surface area contributed by atoms with Gasteiger partial charge in [-0.15, -0.1) is 0 Å². The molecule has 1 atom stereocenters. The van der Waals surface area contributed by atoms with Gasteiger partial charge in [0.2, 0.25) is 5.36 Å². The van der Waals surface area contributed by atoms with Gasteiger partial charge < -0.3 is 71.3 Å². The number of nitrogens with zero attached hydrogens (tertiary/aromatic N) is 2. The highest BCUT2D eigenvalue weighted by atomic mass is 32.2. The summed E-state index contributed by atoms with van der Waals surface area (Å²) < 4.78 is 143. The minimum atomic E-state index is -4.63. The lowest BCUT2D eigenvalue weighted by molar-refractivity contribution is -0.137. The fraction of sp³-hybridized carbons (Fsp3) is 0.655. The Kier molecular flexibility index (Phi) is 33.2. The van der Waals surface area contributed by atoms with E-state index in [9.17, 15) is 35.8 Å². The molecule has 470 valence electrons. The summed E-state index contributed by atoms with van der Waals surface area (Å²) in [5.41, 5.74) is 2.30. The normalized spacial score (nSPS) is 15.4. The maximum Gasteiger partial charge on any atom is 0.303 e. The van der Waals surface area contributed by atoms with Crippen molar-refractivity contribution in [3.63, 3.8) is 0 Å². The van der Waals surface area contributed by atoms with Crippen molar-refractivity contribution in [1.29, 1.82) is 0 Å². The minimum absolute atomic E-state index is 0.0167. The Hall–Kier alpha value is -4.26. The number of anilines is 1. The lowest BCUT2D eigenvalue weighted by atomic mass is 9.77. The van der Waals surface area contributed by atoms with Crippen LogP contribution in [-0.2, 0) is 92.7 Å². The van der Waals surface area contributed by atoms with Gasteiger partial charge in [0.05, 0.1) is 149 Å². The van der Waals surface area contributed by atoms with Crippen molar-refractivity contribution in [3.05, 3.63) is 82.6 Å². The first kappa shape index (κ1) is 71.2. The van der Waals surface area contributed by atoms with E-state index in [4.69, 9.17) is 61.3 Å². The standard InChI is InChI=1S/C58H90N2O21S2/c1-57(2,3)51-45-48(10-7-11-55-58(4,17-8-12-56(61)62)52-46-49(83(66,67)68)14-16-53(52)60(55)18-9-43-82(63,64)65)81-54-44-47(13-15-50(51)54)59(19-21-71-27-29-75-35-37-79-41-39-77-33-31-73-25-23-69-5)20-22-72-28-30-76-36-38-80-42-40-78-34-32-74-26-24-70-6/h7,10-11,13-16,44-46H,8-9,12,17-43H2,1-6H3,(H2-,61,62,63,64,65,66,67,68)/p+1. The van der Waals surface area contributed by atoms with Gasteiger partial charge in [-0.2, -0.15) is 16.8 Å². The summed E-state index contributed by atoms with van der Waals surface area (Å²) in [6.45, 7) is 19.3. The van der Waals surface area contributed by atoms with Gasteiger partial charge in [0.15, 0.2) is 13.1 Å². The Bertz CT molecular complexity index is 2630. The quantitative estimate of drug-likeness (QED) is 0.0364. The Morgan fingerprint density at radius 2 is 1.11 bits per heavy atom. The van der Waals surface area contributed by atoms with Crippen LogP contribution < -0.4 is 14.8 Å². The molecule has 2 heterocycles. The van der Waals surface area contributed by atoms with Crippen LogP contribution in [0, 0.1) is 0 Å². The zero-order chi connectivity index (χ0) is 60.4. The first-order chi connectivity index (χ1) is 39.8. The van der Waals surface area contributed by atoms with E-state index in [1.54, 1.807) is 26.4 Å². The number of allylic oxidation sites excluding steroid dienone is 3. The minimum Gasteiger partial charge on any atom is -0.481 e. The molecule has 0 amide bonds. The lowest BCUT2D eigenvalue weighted by Gasteiger charge is -2.30. The molecule has 0 aromatic heterocycles. The van der Waals surface area contributed by atoms with E-state index in [1.807, 2.05) is 36.1 Å². The molecule has 0 spiro atoms. The van der Waals surface area contributed by atoms with Crippen LogP contribution in [0.3, 0.4) is 0 Å². The Morgan fingerprint density at radius 1 is 0.639 bits per heavy atom. The average molecular weight is 1220 g/mol. The van der Waals surface area contributed by atoms with Crippen LogP contribution >= 0.6 is 0 Å². The Labute approximate surface area is 490 Å². The topological polar surface area (TPSA) is 276 Å².